The highest BCUT2D eigenvalue weighted by atomic mass is 16.5. The Kier molecular flexibility index (Phi) is 4.99. The highest BCUT2D eigenvalue weighted by Gasteiger charge is 2.91. The molecule has 0 aromatic heterocycles. The van der Waals surface area contributed by atoms with Crippen LogP contribution in [0.15, 0.2) is 0 Å². The average Bonchev–Trinajstić information content (AvgIpc) is 3.24. The van der Waals surface area contributed by atoms with Crippen molar-refractivity contribution in [3.05, 3.63) is 0 Å². The Bertz CT molecular complexity index is 814. The fourth-order valence-corrected chi connectivity index (χ4v) is 11.0. The maximum absolute atomic E-state index is 13.0. The summed E-state index contributed by atoms with van der Waals surface area (Å²) in [7, 11) is 6.85. The third-order valence-electron chi connectivity index (χ3n) is 11.6. The van der Waals surface area contributed by atoms with Crippen molar-refractivity contribution in [1.82, 2.24) is 4.90 Å². The van der Waals surface area contributed by atoms with Crippen molar-refractivity contribution >= 4 is 0 Å². The molecule has 6 aliphatic rings. The zero-order valence-corrected chi connectivity index (χ0v) is 20.6. The lowest BCUT2D eigenvalue weighted by Crippen LogP contribution is -2.82. The molecular weight excluding hydrogens is 426 g/mol. The molecule has 8 nitrogen and oxygen atoms in total. The molecule has 0 aromatic carbocycles. The predicted octanol–water partition coefficient (Wildman–Crippen LogP) is 0.271. The molecule has 33 heavy (non-hydrogen) atoms. The molecule has 1 heterocycles. The Balaban J connectivity index is 1.68. The molecule has 5 saturated carbocycles. The number of hydrogen-bond acceptors (Lipinski definition) is 8. The molecule has 0 unspecified atom stereocenters. The Morgan fingerprint density at radius 3 is 2.36 bits per heavy atom. The first-order valence-corrected chi connectivity index (χ1v) is 12.7. The molecule has 1 aliphatic heterocycles. The molecule has 3 N–H and O–H groups in total. The number of hydrogen-bond donors (Lipinski definition) is 3. The van der Waals surface area contributed by atoms with Gasteiger partial charge < -0.3 is 34.3 Å². The average molecular weight is 468 g/mol. The summed E-state index contributed by atoms with van der Waals surface area (Å²) < 4.78 is 24.5. The van der Waals surface area contributed by atoms with E-state index in [1.807, 2.05) is 0 Å². The Hall–Kier alpha value is -0.320. The van der Waals surface area contributed by atoms with Crippen LogP contribution >= 0.6 is 0 Å². The maximum atomic E-state index is 13.0. The maximum Gasteiger partial charge on any atom is 0.136 e. The van der Waals surface area contributed by atoms with Gasteiger partial charge in [-0.25, -0.2) is 0 Å². The van der Waals surface area contributed by atoms with Gasteiger partial charge in [-0.15, -0.1) is 0 Å². The van der Waals surface area contributed by atoms with Crippen molar-refractivity contribution in [2.24, 2.45) is 34.5 Å². The summed E-state index contributed by atoms with van der Waals surface area (Å²) in [5, 5.41) is 36.6. The number of fused-ring (bicyclic) bond motifs is 2. The highest BCUT2D eigenvalue weighted by Crippen LogP contribution is 2.80. The number of piperidine rings is 1. The third kappa shape index (κ3) is 2.16. The van der Waals surface area contributed by atoms with Crippen LogP contribution in [-0.2, 0) is 18.9 Å². The van der Waals surface area contributed by atoms with Gasteiger partial charge in [0.15, 0.2) is 0 Å². The van der Waals surface area contributed by atoms with Gasteiger partial charge in [0, 0.05) is 70.0 Å². The minimum atomic E-state index is -1.52. The number of likely N-dealkylation sites (tertiary alicyclic amines) is 1. The van der Waals surface area contributed by atoms with Crippen LogP contribution in [0.5, 0.6) is 0 Å². The van der Waals surface area contributed by atoms with E-state index >= 15 is 0 Å². The zero-order valence-electron chi connectivity index (χ0n) is 20.6. The fourth-order valence-electron chi connectivity index (χ4n) is 11.0. The van der Waals surface area contributed by atoms with E-state index in [0.717, 1.165) is 25.8 Å². The minimum absolute atomic E-state index is 0.0443. The monoisotopic (exact) mass is 467 g/mol. The van der Waals surface area contributed by atoms with Gasteiger partial charge in [-0.2, -0.15) is 0 Å². The molecule has 1 saturated heterocycles. The SMILES string of the molecule is CCN1C[C@]2(CO)CC[C@H](OC)[C@]34[C@@H]5C[C@@H]6[C@@H](OC)[C@@H]5[C@@](O)(C[C@@H]6OC)[C@](O)([C@H]13)[C@@H](OC)[C@H]24. The summed E-state index contributed by atoms with van der Waals surface area (Å²) in [5.41, 5.74) is -3.78. The topological polar surface area (TPSA) is 101 Å². The fraction of sp³-hybridized carbons (Fsp3) is 1.00. The number of aliphatic hydroxyl groups is 3. The van der Waals surface area contributed by atoms with E-state index in [0.29, 0.717) is 13.0 Å². The summed E-state index contributed by atoms with van der Waals surface area (Å²) in [6.07, 6.45) is 1.81. The summed E-state index contributed by atoms with van der Waals surface area (Å²) in [4.78, 5) is 2.33. The minimum Gasteiger partial charge on any atom is -0.396 e. The van der Waals surface area contributed by atoms with Crippen molar-refractivity contribution in [2.45, 2.75) is 74.3 Å². The first-order chi connectivity index (χ1) is 15.8. The van der Waals surface area contributed by atoms with Gasteiger partial charge in [-0.1, -0.05) is 6.92 Å². The van der Waals surface area contributed by atoms with Gasteiger partial charge in [-0.05, 0) is 31.7 Å². The van der Waals surface area contributed by atoms with Gasteiger partial charge in [0.05, 0.1) is 37.1 Å². The molecule has 6 rings (SSSR count). The normalized spacial score (nSPS) is 60.9. The van der Waals surface area contributed by atoms with Gasteiger partial charge in [0.25, 0.3) is 0 Å². The van der Waals surface area contributed by atoms with Crippen molar-refractivity contribution in [3.63, 3.8) is 0 Å². The van der Waals surface area contributed by atoms with Crippen LogP contribution in [0.1, 0.15) is 32.6 Å². The molecule has 5 aliphatic carbocycles. The Labute approximate surface area is 196 Å². The second kappa shape index (κ2) is 7.13. The van der Waals surface area contributed by atoms with Crippen molar-refractivity contribution in [1.29, 1.82) is 0 Å². The second-order valence-electron chi connectivity index (χ2n) is 11.8. The predicted molar refractivity (Wildman–Crippen MR) is 119 cm³/mol. The van der Waals surface area contributed by atoms with Crippen LogP contribution < -0.4 is 0 Å². The molecule has 6 fully saturated rings. The van der Waals surface area contributed by atoms with E-state index in [4.69, 9.17) is 18.9 Å². The number of likely N-dealkylation sites (N-methyl/N-ethyl adjacent to an activating group) is 1. The largest absolute Gasteiger partial charge is 0.396 e. The molecule has 1 spiro atoms. The lowest BCUT2D eigenvalue weighted by Gasteiger charge is -2.70. The number of rotatable bonds is 6. The van der Waals surface area contributed by atoms with E-state index in [1.54, 1.807) is 28.4 Å². The van der Waals surface area contributed by atoms with Crippen LogP contribution in [0, 0.1) is 34.5 Å². The molecule has 188 valence electrons. The first kappa shape index (κ1) is 23.1. The smallest absolute Gasteiger partial charge is 0.136 e. The van der Waals surface area contributed by atoms with Crippen LogP contribution in [-0.4, -0.2) is 110 Å². The standard InChI is InChI=1S/C25H41NO7/c1-6-26-11-22(12-27)8-7-16(31-3)24-14-9-13-15(30-2)10-23(28,17(14)18(13)32-4)25(29,21(24)26)20(33-5)19(22)24/h13-21,27-29H,6-12H2,1-5H3/t13-,14+,15-,16-,17+,18+,19+,20-,21+,22-,23-,24-,25+/m0/s1. The lowest BCUT2D eigenvalue weighted by molar-refractivity contribution is -0.320. The highest BCUT2D eigenvalue weighted by molar-refractivity contribution is 5.41. The summed E-state index contributed by atoms with van der Waals surface area (Å²) in [5.74, 6) is -0.0916. The van der Waals surface area contributed by atoms with E-state index in [1.165, 1.54) is 0 Å². The Morgan fingerprint density at radius 1 is 1.03 bits per heavy atom. The molecule has 0 radical (unpaired) electrons. The van der Waals surface area contributed by atoms with E-state index in [9.17, 15) is 15.3 Å². The molecule has 7 bridgehead atoms. The van der Waals surface area contributed by atoms with Crippen LogP contribution in [0.25, 0.3) is 0 Å². The third-order valence-corrected chi connectivity index (χ3v) is 11.6. The Morgan fingerprint density at radius 2 is 1.79 bits per heavy atom. The van der Waals surface area contributed by atoms with Gasteiger partial charge in [-0.3, -0.25) is 4.90 Å². The first-order valence-electron chi connectivity index (χ1n) is 12.7. The second-order valence-corrected chi connectivity index (χ2v) is 11.8. The molecule has 0 amide bonds. The number of ether oxygens (including phenoxy) is 4. The quantitative estimate of drug-likeness (QED) is 0.512. The van der Waals surface area contributed by atoms with Crippen LogP contribution in [0.4, 0.5) is 0 Å². The van der Waals surface area contributed by atoms with Crippen molar-refractivity contribution in [2.75, 3.05) is 48.1 Å². The molecule has 8 heteroatoms. The van der Waals surface area contributed by atoms with Gasteiger partial charge in [0.1, 0.15) is 11.2 Å². The van der Waals surface area contributed by atoms with Crippen molar-refractivity contribution < 1.29 is 34.3 Å². The van der Waals surface area contributed by atoms with Crippen LogP contribution in [0.3, 0.4) is 0 Å². The van der Waals surface area contributed by atoms with E-state index < -0.39 is 28.1 Å². The zero-order chi connectivity index (χ0) is 23.6. The van der Waals surface area contributed by atoms with E-state index in [-0.39, 0.29) is 54.6 Å². The molecular formula is C25H41NO7. The molecule has 0 aromatic rings. The van der Waals surface area contributed by atoms with Crippen LogP contribution in [0.2, 0.25) is 0 Å². The van der Waals surface area contributed by atoms with E-state index in [2.05, 4.69) is 11.8 Å². The lowest BCUT2D eigenvalue weighted by atomic mass is 9.42. The number of nitrogens with zero attached hydrogens (tertiary/aromatic N) is 1. The van der Waals surface area contributed by atoms with Crippen molar-refractivity contribution in [3.8, 4) is 0 Å². The summed E-state index contributed by atoms with van der Waals surface area (Å²) in [6.45, 7) is 3.59. The number of aliphatic hydroxyl groups excluding tert-OH is 1. The summed E-state index contributed by atoms with van der Waals surface area (Å²) >= 11 is 0. The van der Waals surface area contributed by atoms with Gasteiger partial charge >= 0.3 is 0 Å². The summed E-state index contributed by atoms with van der Waals surface area (Å²) in [6, 6.07) is -0.312. The molecule has 13 atom stereocenters. The number of methoxy groups -OCH3 is 4. The van der Waals surface area contributed by atoms with Gasteiger partial charge in [0.2, 0.25) is 0 Å².